The van der Waals surface area contributed by atoms with Gasteiger partial charge in [0.05, 0.1) is 18.9 Å². The molecular formula is C26H27NO2. The summed E-state index contributed by atoms with van der Waals surface area (Å²) in [5.41, 5.74) is 5.49. The van der Waals surface area contributed by atoms with Crippen molar-refractivity contribution < 1.29 is 9.47 Å². The highest BCUT2D eigenvalue weighted by molar-refractivity contribution is 5.91. The third-order valence-electron chi connectivity index (χ3n) is 5.38. The minimum Gasteiger partial charge on any atom is -0.493 e. The van der Waals surface area contributed by atoms with Crippen LogP contribution in [-0.2, 0) is 0 Å². The first kappa shape index (κ1) is 19.3. The number of rotatable bonds is 6. The molecule has 0 saturated heterocycles. The number of pyridine rings is 1. The van der Waals surface area contributed by atoms with Crippen LogP contribution in [0.2, 0.25) is 0 Å². The molecule has 3 nitrogen and oxygen atoms in total. The summed E-state index contributed by atoms with van der Waals surface area (Å²) in [7, 11) is 1.70. The van der Waals surface area contributed by atoms with E-state index in [1.807, 2.05) is 24.4 Å². The van der Waals surface area contributed by atoms with Crippen molar-refractivity contribution in [2.24, 2.45) is 0 Å². The molecule has 1 fully saturated rings. The average Bonchev–Trinajstić information content (AvgIpc) is 3.26. The Balaban J connectivity index is 1.78. The molecule has 3 aromatic rings. The number of hydrogen-bond acceptors (Lipinski definition) is 3. The Morgan fingerprint density at radius 1 is 0.931 bits per heavy atom. The second-order valence-electron chi connectivity index (χ2n) is 7.57. The minimum atomic E-state index is 0.279. The van der Waals surface area contributed by atoms with Gasteiger partial charge in [0.2, 0.25) is 0 Å². The molecular weight excluding hydrogens is 358 g/mol. The lowest BCUT2D eigenvalue weighted by molar-refractivity contribution is 0.201. The summed E-state index contributed by atoms with van der Waals surface area (Å²) in [5.74, 6) is 1.60. The van der Waals surface area contributed by atoms with E-state index in [1.165, 1.54) is 18.4 Å². The van der Waals surface area contributed by atoms with Gasteiger partial charge in [-0.3, -0.25) is 4.98 Å². The summed E-state index contributed by atoms with van der Waals surface area (Å²) >= 11 is 0. The Morgan fingerprint density at radius 3 is 2.45 bits per heavy atom. The number of benzene rings is 2. The molecule has 3 heteroatoms. The fraction of sp³-hybridized carbons (Fsp3) is 0.269. The van der Waals surface area contributed by atoms with Gasteiger partial charge in [-0.15, -0.1) is 0 Å². The van der Waals surface area contributed by atoms with Gasteiger partial charge in [-0.05, 0) is 85.2 Å². The van der Waals surface area contributed by atoms with E-state index in [4.69, 9.17) is 9.47 Å². The average molecular weight is 386 g/mol. The van der Waals surface area contributed by atoms with Gasteiger partial charge in [-0.1, -0.05) is 36.4 Å². The van der Waals surface area contributed by atoms with Gasteiger partial charge < -0.3 is 9.47 Å². The molecule has 4 rings (SSSR count). The summed E-state index contributed by atoms with van der Waals surface area (Å²) in [6, 6.07) is 20.7. The Morgan fingerprint density at radius 2 is 1.72 bits per heavy atom. The van der Waals surface area contributed by atoms with Crippen LogP contribution in [0.3, 0.4) is 0 Å². The molecule has 0 bridgehead atoms. The highest BCUT2D eigenvalue weighted by atomic mass is 16.5. The quantitative estimate of drug-likeness (QED) is 0.498. The van der Waals surface area contributed by atoms with Crippen molar-refractivity contribution >= 4 is 11.6 Å². The van der Waals surface area contributed by atoms with Crippen molar-refractivity contribution in [3.05, 3.63) is 89.2 Å². The van der Waals surface area contributed by atoms with E-state index in [0.717, 1.165) is 46.7 Å². The highest BCUT2D eigenvalue weighted by Crippen LogP contribution is 2.36. The fourth-order valence-electron chi connectivity index (χ4n) is 3.86. The highest BCUT2D eigenvalue weighted by Gasteiger charge is 2.19. The zero-order chi connectivity index (χ0) is 20.1. The van der Waals surface area contributed by atoms with E-state index in [1.54, 1.807) is 7.11 Å². The minimum absolute atomic E-state index is 0.279. The van der Waals surface area contributed by atoms with E-state index < -0.39 is 0 Å². The van der Waals surface area contributed by atoms with Gasteiger partial charge in [0.15, 0.2) is 11.5 Å². The number of aromatic nitrogens is 1. The molecule has 0 radical (unpaired) electrons. The van der Waals surface area contributed by atoms with Gasteiger partial charge in [-0.2, -0.15) is 0 Å². The van der Waals surface area contributed by atoms with Crippen LogP contribution < -0.4 is 9.47 Å². The lowest BCUT2D eigenvalue weighted by atomic mass is 9.96. The van der Waals surface area contributed by atoms with Crippen LogP contribution in [0.1, 0.15) is 48.1 Å². The number of hydrogen-bond donors (Lipinski definition) is 0. The van der Waals surface area contributed by atoms with E-state index in [-0.39, 0.29) is 6.10 Å². The SMILES string of the molecule is COc1ccc(/C(=C/c2cc(C)ccn2)c2ccccc2)cc1OC1CCCC1. The molecule has 148 valence electrons. The maximum atomic E-state index is 6.33. The molecule has 1 aliphatic rings. The topological polar surface area (TPSA) is 31.4 Å². The van der Waals surface area contributed by atoms with Gasteiger partial charge in [0.25, 0.3) is 0 Å². The van der Waals surface area contributed by atoms with Gasteiger partial charge in [-0.25, -0.2) is 0 Å². The predicted molar refractivity (Wildman–Crippen MR) is 118 cm³/mol. The van der Waals surface area contributed by atoms with Crippen LogP contribution in [0.5, 0.6) is 11.5 Å². The lowest BCUT2D eigenvalue weighted by Crippen LogP contribution is -2.11. The smallest absolute Gasteiger partial charge is 0.162 e. The third kappa shape index (κ3) is 4.68. The van der Waals surface area contributed by atoms with Crippen molar-refractivity contribution in [1.82, 2.24) is 4.98 Å². The van der Waals surface area contributed by atoms with Crippen LogP contribution >= 0.6 is 0 Å². The molecule has 1 aromatic heterocycles. The van der Waals surface area contributed by atoms with E-state index in [2.05, 4.69) is 60.4 Å². The summed E-state index contributed by atoms with van der Waals surface area (Å²) in [6.45, 7) is 2.09. The first-order valence-electron chi connectivity index (χ1n) is 10.3. The van der Waals surface area contributed by atoms with Crippen molar-refractivity contribution in [1.29, 1.82) is 0 Å². The predicted octanol–water partition coefficient (Wildman–Crippen LogP) is 6.31. The van der Waals surface area contributed by atoms with E-state index in [0.29, 0.717) is 0 Å². The number of aryl methyl sites for hydroxylation is 1. The molecule has 1 saturated carbocycles. The fourth-order valence-corrected chi connectivity index (χ4v) is 3.86. The summed E-state index contributed by atoms with van der Waals surface area (Å²) in [5, 5.41) is 0. The molecule has 0 unspecified atom stereocenters. The molecule has 0 atom stereocenters. The van der Waals surface area contributed by atoms with Gasteiger partial charge in [0, 0.05) is 6.20 Å². The largest absolute Gasteiger partial charge is 0.493 e. The van der Waals surface area contributed by atoms with Crippen LogP contribution in [0.4, 0.5) is 0 Å². The van der Waals surface area contributed by atoms with Crippen LogP contribution in [0.25, 0.3) is 11.6 Å². The Labute approximate surface area is 173 Å². The maximum Gasteiger partial charge on any atom is 0.162 e. The van der Waals surface area contributed by atoms with Crippen molar-refractivity contribution in [3.63, 3.8) is 0 Å². The van der Waals surface area contributed by atoms with Crippen LogP contribution in [0, 0.1) is 6.92 Å². The summed E-state index contributed by atoms with van der Waals surface area (Å²) < 4.78 is 11.9. The zero-order valence-electron chi connectivity index (χ0n) is 17.1. The molecule has 0 N–H and O–H groups in total. The van der Waals surface area contributed by atoms with Gasteiger partial charge >= 0.3 is 0 Å². The zero-order valence-corrected chi connectivity index (χ0v) is 17.1. The number of nitrogens with zero attached hydrogens (tertiary/aromatic N) is 1. The monoisotopic (exact) mass is 385 g/mol. The van der Waals surface area contributed by atoms with Crippen molar-refractivity contribution in [2.75, 3.05) is 7.11 Å². The third-order valence-corrected chi connectivity index (χ3v) is 5.38. The van der Waals surface area contributed by atoms with Crippen LogP contribution in [0.15, 0.2) is 66.9 Å². The molecule has 0 aliphatic heterocycles. The molecule has 29 heavy (non-hydrogen) atoms. The number of methoxy groups -OCH3 is 1. The normalized spacial score (nSPS) is 14.8. The van der Waals surface area contributed by atoms with Crippen molar-refractivity contribution in [2.45, 2.75) is 38.7 Å². The maximum absolute atomic E-state index is 6.33. The number of ether oxygens (including phenoxy) is 2. The lowest BCUT2D eigenvalue weighted by Gasteiger charge is -2.18. The first-order valence-corrected chi connectivity index (χ1v) is 10.3. The molecule has 2 aromatic carbocycles. The Bertz CT molecular complexity index is 989. The second kappa shape index (κ2) is 8.95. The Kier molecular flexibility index (Phi) is 5.95. The summed E-state index contributed by atoms with van der Waals surface area (Å²) in [6.07, 6.45) is 8.98. The molecule has 0 spiro atoms. The van der Waals surface area contributed by atoms with E-state index >= 15 is 0 Å². The Hall–Kier alpha value is -3.07. The van der Waals surface area contributed by atoms with Crippen molar-refractivity contribution in [3.8, 4) is 11.5 Å². The standard InChI is InChI=1S/C26H27NO2/c1-19-14-15-27-22(16-19)18-24(20-8-4-3-5-9-20)21-12-13-25(28-2)26(17-21)29-23-10-6-7-11-23/h3-5,8-9,12-18,23H,6-7,10-11H2,1-2H3/b24-18+. The summed E-state index contributed by atoms with van der Waals surface area (Å²) in [4.78, 5) is 4.54. The van der Waals surface area contributed by atoms with E-state index in [9.17, 15) is 0 Å². The van der Waals surface area contributed by atoms with Crippen LogP contribution in [-0.4, -0.2) is 18.2 Å². The molecule has 1 aliphatic carbocycles. The second-order valence-corrected chi connectivity index (χ2v) is 7.57. The van der Waals surface area contributed by atoms with Gasteiger partial charge in [0.1, 0.15) is 0 Å². The molecule has 1 heterocycles. The molecule has 0 amide bonds. The first-order chi connectivity index (χ1) is 14.2.